The van der Waals surface area contributed by atoms with Gasteiger partial charge in [-0.3, -0.25) is 0 Å². The van der Waals surface area contributed by atoms with Gasteiger partial charge in [0, 0.05) is 31.7 Å². The summed E-state index contributed by atoms with van der Waals surface area (Å²) in [6, 6.07) is 0.352. The standard InChI is InChI=1S/C11H23N3O2S.ClH/c1-9(2)13(3)17(15,16)14-10-4-5-11(14)8-12-7-6-10;/h9-12H,4-8H2,1-3H3;1H. The van der Waals surface area contributed by atoms with Crippen LogP contribution in [-0.4, -0.2) is 55.3 Å². The van der Waals surface area contributed by atoms with E-state index in [-0.39, 0.29) is 30.5 Å². The Morgan fingerprint density at radius 3 is 2.44 bits per heavy atom. The van der Waals surface area contributed by atoms with Gasteiger partial charge in [-0.05, 0) is 39.7 Å². The normalized spacial score (nSPS) is 29.4. The molecule has 2 fully saturated rings. The largest absolute Gasteiger partial charge is 0.315 e. The molecular weight excluding hydrogens is 274 g/mol. The number of nitrogens with zero attached hydrogens (tertiary/aromatic N) is 2. The Bertz CT molecular complexity index is 360. The molecule has 18 heavy (non-hydrogen) atoms. The summed E-state index contributed by atoms with van der Waals surface area (Å²) >= 11 is 0. The lowest BCUT2D eigenvalue weighted by Crippen LogP contribution is -2.50. The molecule has 0 spiro atoms. The predicted octanol–water partition coefficient (Wildman–Crippen LogP) is 0.819. The SMILES string of the molecule is CC(C)N(C)S(=O)(=O)N1C2CCNCC1CC2.Cl. The summed E-state index contributed by atoms with van der Waals surface area (Å²) in [5.74, 6) is 0. The third-order valence-electron chi connectivity index (χ3n) is 3.94. The molecule has 0 aromatic heterocycles. The lowest BCUT2D eigenvalue weighted by molar-refractivity contribution is 0.289. The molecule has 2 unspecified atom stereocenters. The van der Waals surface area contributed by atoms with Crippen molar-refractivity contribution < 1.29 is 8.42 Å². The molecule has 0 aliphatic carbocycles. The molecule has 7 heteroatoms. The van der Waals surface area contributed by atoms with E-state index in [4.69, 9.17) is 0 Å². The van der Waals surface area contributed by atoms with Crippen LogP contribution in [0.15, 0.2) is 0 Å². The van der Waals surface area contributed by atoms with Crippen LogP contribution in [0.2, 0.25) is 0 Å². The summed E-state index contributed by atoms with van der Waals surface area (Å²) in [4.78, 5) is 0. The van der Waals surface area contributed by atoms with Gasteiger partial charge in [-0.2, -0.15) is 17.0 Å². The fourth-order valence-electron chi connectivity index (χ4n) is 2.73. The summed E-state index contributed by atoms with van der Waals surface area (Å²) in [6.45, 7) is 5.55. The van der Waals surface area contributed by atoms with Gasteiger partial charge in [0.25, 0.3) is 10.2 Å². The second-order valence-electron chi connectivity index (χ2n) is 5.33. The van der Waals surface area contributed by atoms with E-state index < -0.39 is 10.2 Å². The van der Waals surface area contributed by atoms with Crippen molar-refractivity contribution >= 4 is 22.6 Å². The third-order valence-corrected chi connectivity index (χ3v) is 6.22. The predicted molar refractivity (Wildman–Crippen MR) is 75.2 cm³/mol. The second-order valence-corrected chi connectivity index (χ2v) is 7.22. The second kappa shape index (κ2) is 6.05. The molecule has 2 saturated heterocycles. The highest BCUT2D eigenvalue weighted by Crippen LogP contribution is 2.32. The zero-order chi connectivity index (χ0) is 12.6. The molecular formula is C11H24ClN3O2S. The van der Waals surface area contributed by atoms with E-state index in [2.05, 4.69) is 5.32 Å². The number of hydrogen-bond acceptors (Lipinski definition) is 3. The first-order valence-corrected chi connectivity index (χ1v) is 7.81. The maximum atomic E-state index is 12.6. The van der Waals surface area contributed by atoms with Crippen molar-refractivity contribution in [2.75, 3.05) is 20.1 Å². The minimum absolute atomic E-state index is 0. The van der Waals surface area contributed by atoms with E-state index in [1.54, 1.807) is 11.4 Å². The molecule has 0 radical (unpaired) electrons. The van der Waals surface area contributed by atoms with Gasteiger partial charge in [0.2, 0.25) is 0 Å². The zero-order valence-corrected chi connectivity index (χ0v) is 12.9. The molecule has 0 amide bonds. The van der Waals surface area contributed by atoms with Gasteiger partial charge < -0.3 is 5.32 Å². The van der Waals surface area contributed by atoms with Crippen LogP contribution in [0.4, 0.5) is 0 Å². The molecule has 2 heterocycles. The molecule has 108 valence electrons. The molecule has 2 aliphatic heterocycles. The van der Waals surface area contributed by atoms with Gasteiger partial charge in [-0.1, -0.05) is 0 Å². The number of hydrogen-bond donors (Lipinski definition) is 1. The first-order valence-electron chi connectivity index (χ1n) is 6.42. The number of rotatable bonds is 3. The van der Waals surface area contributed by atoms with E-state index in [0.717, 1.165) is 32.4 Å². The smallest absolute Gasteiger partial charge is 0.282 e. The molecule has 5 nitrogen and oxygen atoms in total. The topological polar surface area (TPSA) is 52.7 Å². The van der Waals surface area contributed by atoms with E-state index in [0.29, 0.717) is 0 Å². The summed E-state index contributed by atoms with van der Waals surface area (Å²) in [5, 5.41) is 3.32. The Labute approximate surface area is 116 Å². The van der Waals surface area contributed by atoms with Crippen molar-refractivity contribution in [1.29, 1.82) is 0 Å². The Hall–Kier alpha value is 0.120. The highest BCUT2D eigenvalue weighted by molar-refractivity contribution is 7.86. The minimum atomic E-state index is -3.29. The molecule has 1 N–H and O–H groups in total. The van der Waals surface area contributed by atoms with Crippen molar-refractivity contribution in [3.63, 3.8) is 0 Å². The average Bonchev–Trinajstić information content (AvgIpc) is 2.51. The van der Waals surface area contributed by atoms with Gasteiger partial charge in [-0.25, -0.2) is 0 Å². The quantitative estimate of drug-likeness (QED) is 0.839. The van der Waals surface area contributed by atoms with Crippen molar-refractivity contribution in [3.8, 4) is 0 Å². The molecule has 2 bridgehead atoms. The van der Waals surface area contributed by atoms with Crippen LogP contribution in [0.3, 0.4) is 0 Å². The van der Waals surface area contributed by atoms with Gasteiger partial charge in [0.05, 0.1) is 0 Å². The molecule has 0 saturated carbocycles. The maximum absolute atomic E-state index is 12.6. The monoisotopic (exact) mass is 297 g/mol. The van der Waals surface area contributed by atoms with Crippen LogP contribution in [-0.2, 0) is 10.2 Å². The Morgan fingerprint density at radius 2 is 1.83 bits per heavy atom. The fraction of sp³-hybridized carbons (Fsp3) is 1.00. The van der Waals surface area contributed by atoms with Crippen LogP contribution in [0.25, 0.3) is 0 Å². The highest BCUT2D eigenvalue weighted by Gasteiger charge is 2.44. The van der Waals surface area contributed by atoms with Crippen LogP contribution in [0, 0.1) is 0 Å². The van der Waals surface area contributed by atoms with Crippen LogP contribution < -0.4 is 5.32 Å². The lowest BCUT2D eigenvalue weighted by atomic mass is 10.1. The first kappa shape index (κ1) is 16.2. The zero-order valence-electron chi connectivity index (χ0n) is 11.3. The van der Waals surface area contributed by atoms with E-state index in [9.17, 15) is 8.42 Å². The van der Waals surface area contributed by atoms with Crippen molar-refractivity contribution in [3.05, 3.63) is 0 Å². The van der Waals surface area contributed by atoms with Gasteiger partial charge in [0.15, 0.2) is 0 Å². The first-order chi connectivity index (χ1) is 7.94. The Kier molecular flexibility index (Phi) is 5.44. The summed E-state index contributed by atoms with van der Waals surface area (Å²) in [7, 11) is -1.62. The summed E-state index contributed by atoms with van der Waals surface area (Å²) < 4.78 is 28.4. The third kappa shape index (κ3) is 2.82. The fourth-order valence-corrected chi connectivity index (χ4v) is 4.70. The molecule has 0 aromatic rings. The Balaban J connectivity index is 0.00000162. The van der Waals surface area contributed by atoms with Crippen LogP contribution in [0.1, 0.15) is 33.1 Å². The number of fused-ring (bicyclic) bond motifs is 2. The summed E-state index contributed by atoms with van der Waals surface area (Å²) in [5.41, 5.74) is 0. The molecule has 2 aliphatic rings. The van der Waals surface area contributed by atoms with Crippen molar-refractivity contribution in [2.24, 2.45) is 0 Å². The van der Waals surface area contributed by atoms with Crippen LogP contribution in [0.5, 0.6) is 0 Å². The van der Waals surface area contributed by atoms with E-state index in [1.165, 1.54) is 4.31 Å². The maximum Gasteiger partial charge on any atom is 0.282 e. The molecule has 2 atom stereocenters. The van der Waals surface area contributed by atoms with Gasteiger partial charge >= 0.3 is 0 Å². The molecule has 2 rings (SSSR count). The van der Waals surface area contributed by atoms with E-state index in [1.807, 2.05) is 13.8 Å². The van der Waals surface area contributed by atoms with Gasteiger partial charge in [0.1, 0.15) is 0 Å². The average molecular weight is 298 g/mol. The highest BCUT2D eigenvalue weighted by atomic mass is 35.5. The minimum Gasteiger partial charge on any atom is -0.315 e. The Morgan fingerprint density at radius 1 is 1.22 bits per heavy atom. The summed E-state index contributed by atoms with van der Waals surface area (Å²) in [6.07, 6.45) is 2.93. The number of nitrogens with one attached hydrogen (secondary N) is 1. The van der Waals surface area contributed by atoms with Crippen molar-refractivity contribution in [2.45, 2.75) is 51.2 Å². The van der Waals surface area contributed by atoms with Crippen molar-refractivity contribution in [1.82, 2.24) is 13.9 Å². The lowest BCUT2D eigenvalue weighted by Gasteiger charge is -2.32. The van der Waals surface area contributed by atoms with Crippen LogP contribution >= 0.6 is 12.4 Å². The van der Waals surface area contributed by atoms with E-state index >= 15 is 0 Å². The number of halogens is 1. The molecule has 0 aromatic carbocycles. The van der Waals surface area contributed by atoms with Gasteiger partial charge in [-0.15, -0.1) is 12.4 Å².